The predicted molar refractivity (Wildman–Crippen MR) is 117 cm³/mol. The maximum atomic E-state index is 9.38. The lowest BCUT2D eigenvalue weighted by Crippen LogP contribution is -2.17. The molecule has 0 aliphatic rings. The van der Waals surface area contributed by atoms with Crippen LogP contribution in [-0.4, -0.2) is 53.9 Å². The van der Waals surface area contributed by atoms with E-state index in [-0.39, 0.29) is 17.7 Å². The highest BCUT2D eigenvalue weighted by atomic mass is 35.5. The second-order valence-electron chi connectivity index (χ2n) is 6.67. The Balaban J connectivity index is 2.27. The van der Waals surface area contributed by atoms with E-state index in [1.807, 2.05) is 27.1 Å². The van der Waals surface area contributed by atoms with E-state index in [4.69, 9.17) is 16.3 Å². The second-order valence-corrected chi connectivity index (χ2v) is 7.03. The average Bonchev–Trinajstić information content (AvgIpc) is 2.71. The van der Waals surface area contributed by atoms with Crippen molar-refractivity contribution in [2.45, 2.75) is 26.7 Å². The third-order valence-electron chi connectivity index (χ3n) is 4.29. The number of aromatic nitrogens is 3. The number of anilines is 2. The lowest BCUT2D eigenvalue weighted by Gasteiger charge is -2.16. The maximum Gasteiger partial charge on any atom is 0.228 e. The molecule has 1 unspecified atom stereocenters. The van der Waals surface area contributed by atoms with Crippen molar-refractivity contribution in [2.24, 2.45) is 5.92 Å². The molecule has 0 fully saturated rings. The molecule has 0 aliphatic heterocycles. The number of rotatable bonds is 9. The molecule has 8 heteroatoms. The summed E-state index contributed by atoms with van der Waals surface area (Å²) in [6.45, 7) is 5.36. The molecule has 2 aromatic heterocycles. The van der Waals surface area contributed by atoms with E-state index in [1.54, 1.807) is 17.2 Å². The highest BCUT2D eigenvalue weighted by Gasteiger charge is 2.13. The van der Waals surface area contributed by atoms with Gasteiger partial charge in [0.2, 0.25) is 11.8 Å². The summed E-state index contributed by atoms with van der Waals surface area (Å²) in [5, 5.41) is 13.0. The van der Waals surface area contributed by atoms with Crippen LogP contribution in [0.3, 0.4) is 0 Å². The highest BCUT2D eigenvalue weighted by Crippen LogP contribution is 2.23. The van der Waals surface area contributed by atoms with Crippen LogP contribution in [-0.2, 0) is 0 Å². The number of ether oxygens (including phenoxy) is 1. The standard InChI is InChI=1S/C21H28ClN5O2/c1-5-15(14-28)11-12-23-20-17(19(22)25-21(26-20)27(3)4)9-7-16-8-10-18(24-13-16)29-6-2/h8,10,13,15,28H,5-6,11-12,14H2,1-4H3,(H,23,25,26). The van der Waals surface area contributed by atoms with Gasteiger partial charge in [-0.25, -0.2) is 4.98 Å². The fourth-order valence-electron chi connectivity index (χ4n) is 2.50. The molecular formula is C21H28ClN5O2. The van der Waals surface area contributed by atoms with E-state index in [9.17, 15) is 5.11 Å². The molecule has 2 heterocycles. The van der Waals surface area contributed by atoms with Gasteiger partial charge in [-0.15, -0.1) is 0 Å². The monoisotopic (exact) mass is 417 g/mol. The minimum atomic E-state index is 0.170. The number of hydrogen-bond donors (Lipinski definition) is 2. The Hall–Kier alpha value is -2.56. The summed E-state index contributed by atoms with van der Waals surface area (Å²) in [6.07, 6.45) is 3.39. The number of aliphatic hydroxyl groups excluding tert-OH is 1. The van der Waals surface area contributed by atoms with Crippen LogP contribution in [0.4, 0.5) is 11.8 Å². The zero-order chi connectivity index (χ0) is 21.2. The first kappa shape index (κ1) is 22.7. The zero-order valence-corrected chi connectivity index (χ0v) is 18.1. The molecule has 29 heavy (non-hydrogen) atoms. The quantitative estimate of drug-likeness (QED) is 0.478. The minimum absolute atomic E-state index is 0.170. The summed E-state index contributed by atoms with van der Waals surface area (Å²) in [7, 11) is 3.70. The molecule has 7 nitrogen and oxygen atoms in total. The number of nitrogens with one attached hydrogen (secondary N) is 1. The van der Waals surface area contributed by atoms with E-state index >= 15 is 0 Å². The van der Waals surface area contributed by atoms with E-state index < -0.39 is 0 Å². The first-order valence-corrected chi connectivity index (χ1v) is 10.1. The molecule has 0 saturated carbocycles. The highest BCUT2D eigenvalue weighted by molar-refractivity contribution is 6.31. The van der Waals surface area contributed by atoms with Crippen molar-refractivity contribution < 1.29 is 9.84 Å². The summed E-state index contributed by atoms with van der Waals surface area (Å²) in [5.41, 5.74) is 1.27. The van der Waals surface area contributed by atoms with Crippen LogP contribution in [0.2, 0.25) is 5.15 Å². The Morgan fingerprint density at radius 2 is 2.03 bits per heavy atom. The zero-order valence-electron chi connectivity index (χ0n) is 17.4. The Morgan fingerprint density at radius 3 is 2.62 bits per heavy atom. The third-order valence-corrected chi connectivity index (χ3v) is 4.57. The van der Waals surface area contributed by atoms with Crippen molar-refractivity contribution in [3.05, 3.63) is 34.6 Å². The summed E-state index contributed by atoms with van der Waals surface area (Å²) in [5.74, 6) is 8.01. The van der Waals surface area contributed by atoms with Crippen molar-refractivity contribution in [3.63, 3.8) is 0 Å². The second kappa shape index (κ2) is 11.4. The van der Waals surface area contributed by atoms with Crippen molar-refractivity contribution in [2.75, 3.05) is 44.1 Å². The van der Waals surface area contributed by atoms with Crippen LogP contribution in [0.5, 0.6) is 5.88 Å². The van der Waals surface area contributed by atoms with Crippen LogP contribution in [0.1, 0.15) is 37.8 Å². The summed E-state index contributed by atoms with van der Waals surface area (Å²) < 4.78 is 5.35. The normalized spacial score (nSPS) is 11.4. The topological polar surface area (TPSA) is 83.4 Å². The molecular weight excluding hydrogens is 390 g/mol. The van der Waals surface area contributed by atoms with Crippen molar-refractivity contribution >= 4 is 23.4 Å². The number of pyridine rings is 1. The van der Waals surface area contributed by atoms with Crippen molar-refractivity contribution in [1.82, 2.24) is 15.0 Å². The van der Waals surface area contributed by atoms with Gasteiger partial charge in [0, 0.05) is 45.1 Å². The fraction of sp³-hybridized carbons (Fsp3) is 0.476. The molecule has 0 spiro atoms. The van der Waals surface area contributed by atoms with Crippen LogP contribution in [0, 0.1) is 17.8 Å². The Kier molecular flexibility index (Phi) is 8.97. The molecule has 2 aromatic rings. The van der Waals surface area contributed by atoms with Crippen molar-refractivity contribution in [3.8, 4) is 17.7 Å². The van der Waals surface area contributed by atoms with Gasteiger partial charge >= 0.3 is 0 Å². The maximum absolute atomic E-state index is 9.38. The Morgan fingerprint density at radius 1 is 1.24 bits per heavy atom. The van der Waals surface area contributed by atoms with Gasteiger partial charge in [-0.1, -0.05) is 36.8 Å². The van der Waals surface area contributed by atoms with Gasteiger partial charge in [-0.2, -0.15) is 9.97 Å². The van der Waals surface area contributed by atoms with Gasteiger partial charge in [0.05, 0.1) is 6.61 Å². The molecule has 0 bridgehead atoms. The first-order valence-electron chi connectivity index (χ1n) is 9.68. The molecule has 0 amide bonds. The van der Waals surface area contributed by atoms with E-state index in [1.165, 1.54) is 0 Å². The summed E-state index contributed by atoms with van der Waals surface area (Å²) >= 11 is 6.41. The average molecular weight is 418 g/mol. The van der Waals surface area contributed by atoms with Crippen LogP contribution >= 0.6 is 11.6 Å². The lowest BCUT2D eigenvalue weighted by molar-refractivity contribution is 0.217. The van der Waals surface area contributed by atoms with E-state index in [0.717, 1.165) is 18.4 Å². The fourth-order valence-corrected chi connectivity index (χ4v) is 2.71. The van der Waals surface area contributed by atoms with Gasteiger partial charge in [0.15, 0.2) is 5.15 Å². The molecule has 2 N–H and O–H groups in total. The molecule has 0 aliphatic carbocycles. The molecule has 0 aromatic carbocycles. The molecule has 0 saturated heterocycles. The number of hydrogen-bond acceptors (Lipinski definition) is 7. The van der Waals surface area contributed by atoms with Gasteiger partial charge < -0.3 is 20.1 Å². The number of aliphatic hydroxyl groups is 1. The van der Waals surface area contributed by atoms with Crippen LogP contribution in [0.25, 0.3) is 0 Å². The van der Waals surface area contributed by atoms with Crippen molar-refractivity contribution in [1.29, 1.82) is 0 Å². The van der Waals surface area contributed by atoms with Gasteiger partial charge in [0.25, 0.3) is 0 Å². The minimum Gasteiger partial charge on any atom is -0.478 e. The van der Waals surface area contributed by atoms with Crippen LogP contribution in [0.15, 0.2) is 18.3 Å². The summed E-state index contributed by atoms with van der Waals surface area (Å²) in [4.78, 5) is 14.9. The Bertz CT molecular complexity index is 843. The molecule has 156 valence electrons. The Labute approximate surface area is 177 Å². The SMILES string of the molecule is CCOc1ccc(C#Cc2c(Cl)nc(N(C)C)nc2NCCC(CC)CO)cn1. The molecule has 0 radical (unpaired) electrons. The first-order chi connectivity index (χ1) is 14.0. The number of halogens is 1. The number of nitrogens with zero attached hydrogens (tertiary/aromatic N) is 4. The lowest BCUT2D eigenvalue weighted by atomic mass is 10.0. The van der Waals surface area contributed by atoms with E-state index in [2.05, 4.69) is 39.0 Å². The van der Waals surface area contributed by atoms with E-state index in [0.29, 0.717) is 36.4 Å². The largest absolute Gasteiger partial charge is 0.478 e. The van der Waals surface area contributed by atoms with Crippen LogP contribution < -0.4 is 15.0 Å². The van der Waals surface area contributed by atoms with Gasteiger partial charge in [0.1, 0.15) is 11.4 Å². The summed E-state index contributed by atoms with van der Waals surface area (Å²) in [6, 6.07) is 3.62. The predicted octanol–water partition coefficient (Wildman–Crippen LogP) is 3.21. The molecule has 1 atom stereocenters. The van der Waals surface area contributed by atoms with Gasteiger partial charge in [-0.3, -0.25) is 0 Å². The molecule has 2 rings (SSSR count). The smallest absolute Gasteiger partial charge is 0.228 e. The van der Waals surface area contributed by atoms with Gasteiger partial charge in [-0.05, 0) is 25.3 Å². The third kappa shape index (κ3) is 6.77.